The number of carbonyl (C=O) groups is 3. The van der Waals surface area contributed by atoms with E-state index in [9.17, 15) is 24.6 Å². The SMILES string of the molecule is COc1c(C)cc2c(c1O)C1C3C4SCC(=O)C(=O)OCC(c5c6c(c(C)c(OC(C)=O)c54)OCO6)N3C(O)C(C2)N1C. The van der Waals surface area contributed by atoms with E-state index in [1.165, 1.54) is 25.8 Å². The lowest BCUT2D eigenvalue weighted by Crippen LogP contribution is -2.69. The summed E-state index contributed by atoms with van der Waals surface area (Å²) in [5, 5.41) is 23.2. The molecule has 5 aliphatic rings. The highest BCUT2D eigenvalue weighted by Gasteiger charge is 2.60. The number of phenolic OH excluding ortho intramolecular Hbond substituents is 1. The molecule has 0 aliphatic carbocycles. The molecule has 0 radical (unpaired) electrons. The van der Waals surface area contributed by atoms with Crippen LogP contribution in [0, 0.1) is 13.8 Å². The van der Waals surface area contributed by atoms with Gasteiger partial charge in [-0.3, -0.25) is 19.4 Å². The second kappa shape index (κ2) is 10.0. The van der Waals surface area contributed by atoms with Crippen molar-refractivity contribution < 1.29 is 48.3 Å². The monoisotopic (exact) mass is 612 g/mol. The molecule has 0 spiro atoms. The molecule has 6 atom stereocenters. The molecule has 2 saturated heterocycles. The van der Waals surface area contributed by atoms with Crippen LogP contribution >= 0.6 is 11.8 Å². The van der Waals surface area contributed by atoms with Crippen LogP contribution in [0.3, 0.4) is 0 Å². The van der Waals surface area contributed by atoms with Gasteiger partial charge in [0.25, 0.3) is 0 Å². The summed E-state index contributed by atoms with van der Waals surface area (Å²) in [6.45, 7) is 4.63. The van der Waals surface area contributed by atoms with Crippen molar-refractivity contribution in [3.63, 3.8) is 0 Å². The number of cyclic esters (lactones) is 1. The summed E-state index contributed by atoms with van der Waals surface area (Å²) in [5.74, 6) is -0.882. The first kappa shape index (κ1) is 28.3. The van der Waals surface area contributed by atoms with Crippen LogP contribution in [0.4, 0.5) is 0 Å². The van der Waals surface area contributed by atoms with Gasteiger partial charge in [-0.2, -0.15) is 0 Å². The number of ether oxygens (including phenoxy) is 5. The number of aromatic hydroxyl groups is 1. The van der Waals surface area contributed by atoms with Crippen LogP contribution in [0.1, 0.15) is 57.6 Å². The molecular formula is C30H32N2O10S. The minimum atomic E-state index is -1.03. The quantitative estimate of drug-likeness (QED) is 0.291. The first-order valence-electron chi connectivity index (χ1n) is 14.1. The number of aliphatic hydroxyl groups is 1. The Morgan fingerprint density at radius 1 is 1.09 bits per heavy atom. The fourth-order valence-electron chi connectivity index (χ4n) is 7.71. The van der Waals surface area contributed by atoms with Crippen LogP contribution in [0.25, 0.3) is 0 Å². The number of Topliss-reactive ketones (excluding diaryl/α,β-unsaturated/α-hetero) is 1. The number of esters is 2. The number of carbonyl (C=O) groups excluding carboxylic acids is 3. The first-order chi connectivity index (χ1) is 20.5. The number of aliphatic hydroxyl groups excluding tert-OH is 1. The van der Waals surface area contributed by atoms with Crippen molar-refractivity contribution in [2.24, 2.45) is 0 Å². The lowest BCUT2D eigenvalue weighted by molar-refractivity contribution is -0.184. The van der Waals surface area contributed by atoms with Gasteiger partial charge in [0.15, 0.2) is 23.0 Å². The molecule has 2 N–H and O–H groups in total. The third-order valence-corrected chi connectivity index (χ3v) is 10.7. The highest BCUT2D eigenvalue weighted by Crippen LogP contribution is 2.63. The van der Waals surface area contributed by atoms with Crippen molar-refractivity contribution in [3.05, 3.63) is 39.4 Å². The molecule has 13 heteroatoms. The average molecular weight is 613 g/mol. The molecule has 2 aromatic carbocycles. The van der Waals surface area contributed by atoms with E-state index >= 15 is 0 Å². The van der Waals surface area contributed by atoms with Crippen molar-refractivity contribution in [1.82, 2.24) is 9.80 Å². The summed E-state index contributed by atoms with van der Waals surface area (Å²) in [6.07, 6.45) is -0.582. The predicted molar refractivity (Wildman–Crippen MR) is 152 cm³/mol. The number of hydrogen-bond acceptors (Lipinski definition) is 13. The van der Waals surface area contributed by atoms with E-state index in [4.69, 9.17) is 23.7 Å². The van der Waals surface area contributed by atoms with Gasteiger partial charge < -0.3 is 33.9 Å². The summed E-state index contributed by atoms with van der Waals surface area (Å²) in [4.78, 5) is 42.0. The Bertz CT molecular complexity index is 1590. The highest BCUT2D eigenvalue weighted by molar-refractivity contribution is 8.00. The number of nitrogens with zero attached hydrogens (tertiary/aromatic N) is 2. The molecule has 7 rings (SSSR count). The van der Waals surface area contributed by atoms with Gasteiger partial charge in [0, 0.05) is 35.2 Å². The van der Waals surface area contributed by atoms with Gasteiger partial charge in [-0.05, 0) is 38.4 Å². The van der Waals surface area contributed by atoms with Gasteiger partial charge in [-0.15, -0.1) is 11.8 Å². The van der Waals surface area contributed by atoms with Gasteiger partial charge in [0.05, 0.1) is 36.2 Å². The molecule has 5 aliphatic heterocycles. The first-order valence-corrected chi connectivity index (χ1v) is 15.1. The maximum Gasteiger partial charge on any atom is 0.375 e. The molecule has 4 bridgehead atoms. The fourth-order valence-corrected chi connectivity index (χ4v) is 9.04. The summed E-state index contributed by atoms with van der Waals surface area (Å²) in [6, 6.07) is -0.238. The molecule has 12 nitrogen and oxygen atoms in total. The third-order valence-electron chi connectivity index (χ3n) is 9.37. The Morgan fingerprint density at radius 3 is 2.56 bits per heavy atom. The van der Waals surface area contributed by atoms with E-state index in [2.05, 4.69) is 4.90 Å². The van der Waals surface area contributed by atoms with E-state index in [0.717, 1.165) is 11.1 Å². The molecule has 2 aromatic rings. The maximum absolute atomic E-state index is 12.9. The number of rotatable bonds is 2. The minimum Gasteiger partial charge on any atom is -0.504 e. The number of benzene rings is 2. The van der Waals surface area contributed by atoms with Gasteiger partial charge in [0.1, 0.15) is 18.6 Å². The number of methoxy groups -OCH3 is 1. The van der Waals surface area contributed by atoms with Crippen molar-refractivity contribution >= 4 is 29.5 Å². The van der Waals surface area contributed by atoms with Crippen LogP contribution in [-0.2, 0) is 25.5 Å². The third kappa shape index (κ3) is 3.91. The summed E-state index contributed by atoms with van der Waals surface area (Å²) >= 11 is 1.21. The number of likely N-dealkylation sites (N-methyl/N-ethyl adjacent to an activating group) is 1. The molecule has 0 amide bonds. The molecular weight excluding hydrogens is 580 g/mol. The van der Waals surface area contributed by atoms with E-state index in [-0.39, 0.29) is 36.7 Å². The summed E-state index contributed by atoms with van der Waals surface area (Å²) in [5.41, 5.74) is 4.10. The van der Waals surface area contributed by atoms with Crippen molar-refractivity contribution in [2.45, 2.75) is 62.8 Å². The van der Waals surface area contributed by atoms with Gasteiger partial charge in [0.2, 0.25) is 12.6 Å². The van der Waals surface area contributed by atoms with Crippen LogP contribution in [-0.4, -0.2) is 89.4 Å². The lowest BCUT2D eigenvalue weighted by Gasteiger charge is -2.61. The fraction of sp³-hybridized carbons (Fsp3) is 0.500. The number of ketones is 1. The highest BCUT2D eigenvalue weighted by atomic mass is 32.2. The molecule has 6 unspecified atom stereocenters. The maximum atomic E-state index is 12.9. The normalized spacial score (nSPS) is 29.3. The summed E-state index contributed by atoms with van der Waals surface area (Å²) in [7, 11) is 3.42. The zero-order valence-corrected chi connectivity index (χ0v) is 25.1. The number of hydrogen-bond donors (Lipinski definition) is 2. The van der Waals surface area contributed by atoms with Gasteiger partial charge >= 0.3 is 11.9 Å². The standard InChI is InChI=1S/C30H32N2O10S/c1-11-6-14-7-15-29(36)32-16-8-39-30(37)17(34)9-43-28(22(32)21(31(15)4)18(14)23(35)24(11)38-5)20-19(16)27-26(40-10-41-27)12(2)25(20)42-13(3)33/h6,15-16,21-22,28-29,35-36H,7-10H2,1-5H3. The van der Waals surface area contributed by atoms with Crippen LogP contribution in [0.2, 0.25) is 0 Å². The molecule has 0 aromatic heterocycles. The van der Waals surface area contributed by atoms with Gasteiger partial charge in [-0.25, -0.2) is 4.79 Å². The number of aryl methyl sites for hydroxylation is 1. The van der Waals surface area contributed by atoms with Crippen LogP contribution < -0.4 is 18.9 Å². The lowest BCUT2D eigenvalue weighted by atomic mass is 9.73. The van der Waals surface area contributed by atoms with Crippen LogP contribution in [0.15, 0.2) is 6.07 Å². The number of thioether (sulfide) groups is 1. The Hall–Kier alpha value is -3.52. The zero-order valence-electron chi connectivity index (χ0n) is 24.3. The van der Waals surface area contributed by atoms with E-state index < -0.39 is 47.3 Å². The summed E-state index contributed by atoms with van der Waals surface area (Å²) < 4.78 is 28.9. The Kier molecular flexibility index (Phi) is 6.58. The smallest absolute Gasteiger partial charge is 0.375 e. The minimum absolute atomic E-state index is 0.0203. The largest absolute Gasteiger partial charge is 0.504 e. The number of phenols is 1. The van der Waals surface area contributed by atoms with E-state index in [0.29, 0.717) is 45.9 Å². The Balaban J connectivity index is 1.55. The van der Waals surface area contributed by atoms with Crippen molar-refractivity contribution in [2.75, 3.05) is 33.3 Å². The Morgan fingerprint density at radius 2 is 1.84 bits per heavy atom. The molecule has 2 fully saturated rings. The molecule has 0 saturated carbocycles. The molecule has 228 valence electrons. The van der Waals surface area contributed by atoms with Crippen molar-refractivity contribution in [1.29, 1.82) is 0 Å². The van der Waals surface area contributed by atoms with E-state index in [1.807, 2.05) is 24.9 Å². The molecule has 43 heavy (non-hydrogen) atoms. The van der Waals surface area contributed by atoms with Gasteiger partial charge in [-0.1, -0.05) is 6.07 Å². The second-order valence-corrected chi connectivity index (χ2v) is 12.7. The predicted octanol–water partition coefficient (Wildman–Crippen LogP) is 2.23. The zero-order chi connectivity index (χ0) is 30.5. The topological polar surface area (TPSA) is 144 Å². The van der Waals surface area contributed by atoms with E-state index in [1.54, 1.807) is 6.92 Å². The molecule has 5 heterocycles. The Labute approximate surface area is 251 Å². The number of fused-ring (bicyclic) bond motifs is 9. The average Bonchev–Trinajstić information content (AvgIpc) is 3.45. The second-order valence-electron chi connectivity index (χ2n) is 11.6. The van der Waals surface area contributed by atoms with Crippen molar-refractivity contribution in [3.8, 4) is 28.7 Å². The number of piperazine rings is 1. The van der Waals surface area contributed by atoms with Crippen LogP contribution in [0.5, 0.6) is 28.7 Å².